The number of hydrogen-bond donors (Lipinski definition) is 1. The summed E-state index contributed by atoms with van der Waals surface area (Å²) in [5.41, 5.74) is 4.95. The predicted molar refractivity (Wildman–Crippen MR) is 106 cm³/mol. The van der Waals surface area contributed by atoms with Gasteiger partial charge < -0.3 is 10.0 Å². The highest BCUT2D eigenvalue weighted by Gasteiger charge is 2.35. The molecule has 1 N–H and O–H groups in total. The lowest BCUT2D eigenvalue weighted by atomic mass is 9.86. The highest BCUT2D eigenvalue weighted by Crippen LogP contribution is 2.30. The molecule has 6 nitrogen and oxygen atoms in total. The van der Waals surface area contributed by atoms with Crippen LogP contribution in [0.5, 0.6) is 0 Å². The number of nitrogens with zero attached hydrogens (tertiary/aromatic N) is 3. The molecule has 2 unspecified atom stereocenters. The van der Waals surface area contributed by atoms with Gasteiger partial charge in [0.2, 0.25) is 0 Å². The van der Waals surface area contributed by atoms with Gasteiger partial charge in [-0.25, -0.2) is 4.68 Å². The number of carboxylic acids is 1. The number of likely N-dealkylation sites (tertiary alicyclic amines) is 1. The van der Waals surface area contributed by atoms with Crippen LogP contribution in [0.3, 0.4) is 0 Å². The summed E-state index contributed by atoms with van der Waals surface area (Å²) in [4.78, 5) is 26.5. The molecule has 1 aliphatic carbocycles. The zero-order valence-electron chi connectivity index (χ0n) is 16.5. The molecule has 0 saturated carbocycles. The number of aryl methyl sites for hydroxylation is 1. The van der Waals surface area contributed by atoms with Crippen LogP contribution in [0.15, 0.2) is 24.3 Å². The number of fused-ring (bicyclic) bond motifs is 1. The lowest BCUT2D eigenvalue weighted by molar-refractivity contribution is -0.145. The van der Waals surface area contributed by atoms with Crippen LogP contribution in [0.25, 0.3) is 5.69 Å². The Morgan fingerprint density at radius 2 is 1.86 bits per heavy atom. The summed E-state index contributed by atoms with van der Waals surface area (Å²) in [6.45, 7) is 4.92. The van der Waals surface area contributed by atoms with E-state index in [9.17, 15) is 14.7 Å². The van der Waals surface area contributed by atoms with E-state index in [1.165, 1.54) is 5.56 Å². The summed E-state index contributed by atoms with van der Waals surface area (Å²) < 4.78 is 1.94. The van der Waals surface area contributed by atoms with Crippen LogP contribution in [0, 0.1) is 18.8 Å². The Bertz CT molecular complexity index is 900. The second-order valence-corrected chi connectivity index (χ2v) is 8.19. The van der Waals surface area contributed by atoms with Crippen LogP contribution in [-0.4, -0.2) is 44.8 Å². The van der Waals surface area contributed by atoms with Gasteiger partial charge in [0.15, 0.2) is 5.69 Å². The lowest BCUT2D eigenvalue weighted by Crippen LogP contribution is -2.45. The van der Waals surface area contributed by atoms with Crippen LogP contribution in [0.1, 0.15) is 53.5 Å². The Morgan fingerprint density at radius 1 is 1.14 bits per heavy atom. The maximum atomic E-state index is 13.3. The van der Waals surface area contributed by atoms with Gasteiger partial charge in [-0.15, -0.1) is 0 Å². The molecule has 28 heavy (non-hydrogen) atoms. The molecule has 2 aliphatic rings. The maximum absolute atomic E-state index is 13.3. The molecule has 2 aromatic rings. The Kier molecular flexibility index (Phi) is 4.96. The summed E-state index contributed by atoms with van der Waals surface area (Å²) in [6.07, 6.45) is 4.50. The number of carboxylic acid groups (broad SMARTS) is 1. The minimum absolute atomic E-state index is 0.0507. The zero-order valence-corrected chi connectivity index (χ0v) is 16.5. The van der Waals surface area contributed by atoms with Crippen LogP contribution in [0.4, 0.5) is 0 Å². The van der Waals surface area contributed by atoms with Crippen LogP contribution < -0.4 is 0 Å². The number of rotatable bonds is 3. The predicted octanol–water partition coefficient (Wildman–Crippen LogP) is 3.24. The summed E-state index contributed by atoms with van der Waals surface area (Å²) >= 11 is 0. The van der Waals surface area contributed by atoms with Crippen LogP contribution in [-0.2, 0) is 17.6 Å². The minimum atomic E-state index is -0.763. The van der Waals surface area contributed by atoms with Gasteiger partial charge in [-0.1, -0.05) is 24.6 Å². The number of hydrogen-bond acceptors (Lipinski definition) is 3. The molecule has 1 aromatic heterocycles. The van der Waals surface area contributed by atoms with Crippen molar-refractivity contribution in [1.82, 2.24) is 14.7 Å². The molecule has 1 aliphatic heterocycles. The number of carbonyl (C=O) groups is 2. The normalized spacial score (nSPS) is 22.0. The Labute approximate surface area is 165 Å². The SMILES string of the molecule is Cc1ccc(-n2nc(C(=O)N3CCC(C(=O)O)C(C)C3)c3c2CCCC3)cc1. The van der Waals surface area contributed by atoms with Crippen molar-refractivity contribution < 1.29 is 14.7 Å². The quantitative estimate of drug-likeness (QED) is 0.886. The largest absolute Gasteiger partial charge is 0.481 e. The summed E-state index contributed by atoms with van der Waals surface area (Å²) in [6, 6.07) is 8.22. The van der Waals surface area contributed by atoms with Gasteiger partial charge in [0.05, 0.1) is 11.6 Å². The Hall–Kier alpha value is -2.63. The van der Waals surface area contributed by atoms with Crippen molar-refractivity contribution in [3.8, 4) is 5.69 Å². The van der Waals surface area contributed by atoms with Gasteiger partial charge >= 0.3 is 5.97 Å². The molecule has 0 spiro atoms. The van der Waals surface area contributed by atoms with Crippen LogP contribution in [0.2, 0.25) is 0 Å². The average molecular weight is 381 g/mol. The molecule has 4 rings (SSSR count). The molecule has 1 saturated heterocycles. The number of aliphatic carboxylic acids is 1. The Morgan fingerprint density at radius 3 is 2.54 bits per heavy atom. The number of carbonyl (C=O) groups excluding carboxylic acids is 1. The van der Waals surface area contributed by atoms with Gasteiger partial charge in [-0.2, -0.15) is 5.10 Å². The third-order valence-electron chi connectivity index (χ3n) is 6.17. The standard InChI is InChI=1S/C22H27N3O3/c1-14-7-9-16(10-8-14)25-19-6-4-3-5-18(19)20(23-25)21(26)24-12-11-17(22(27)28)15(2)13-24/h7-10,15,17H,3-6,11-13H2,1-2H3,(H,27,28). The molecule has 1 aromatic carbocycles. The molecule has 1 fully saturated rings. The Balaban J connectivity index is 1.65. The van der Waals surface area contributed by atoms with Crippen molar-refractivity contribution in [2.75, 3.05) is 13.1 Å². The molecule has 148 valence electrons. The van der Waals surface area contributed by atoms with Gasteiger partial charge in [0.1, 0.15) is 0 Å². The van der Waals surface area contributed by atoms with E-state index in [1.54, 1.807) is 4.90 Å². The van der Waals surface area contributed by atoms with Crippen molar-refractivity contribution in [3.05, 3.63) is 46.8 Å². The third-order valence-corrected chi connectivity index (χ3v) is 6.17. The highest BCUT2D eigenvalue weighted by atomic mass is 16.4. The van der Waals surface area contributed by atoms with Crippen molar-refractivity contribution in [3.63, 3.8) is 0 Å². The van der Waals surface area contributed by atoms with E-state index in [0.29, 0.717) is 25.2 Å². The highest BCUT2D eigenvalue weighted by molar-refractivity contribution is 5.94. The fourth-order valence-corrected chi connectivity index (χ4v) is 4.52. The lowest BCUT2D eigenvalue weighted by Gasteiger charge is -2.34. The number of benzene rings is 1. The van der Waals surface area contributed by atoms with Crippen LogP contribution >= 0.6 is 0 Å². The van der Waals surface area contributed by atoms with Crippen molar-refractivity contribution in [1.29, 1.82) is 0 Å². The first-order valence-electron chi connectivity index (χ1n) is 10.2. The van der Waals surface area contributed by atoms with Crippen molar-refractivity contribution in [2.45, 2.75) is 46.0 Å². The van der Waals surface area contributed by atoms with Crippen molar-refractivity contribution in [2.24, 2.45) is 11.8 Å². The van der Waals surface area contributed by atoms with E-state index in [2.05, 4.69) is 19.1 Å². The number of piperidine rings is 1. The fourth-order valence-electron chi connectivity index (χ4n) is 4.52. The van der Waals surface area contributed by atoms with Gasteiger partial charge in [-0.3, -0.25) is 9.59 Å². The van der Waals surface area contributed by atoms with Crippen molar-refractivity contribution >= 4 is 11.9 Å². The molecular formula is C22H27N3O3. The third kappa shape index (κ3) is 3.32. The summed E-state index contributed by atoms with van der Waals surface area (Å²) in [5.74, 6) is -1.24. The van der Waals surface area contributed by atoms with E-state index in [-0.39, 0.29) is 17.7 Å². The second-order valence-electron chi connectivity index (χ2n) is 8.19. The molecule has 6 heteroatoms. The topological polar surface area (TPSA) is 75.4 Å². The van der Waals surface area contributed by atoms with E-state index in [1.807, 2.05) is 23.7 Å². The molecule has 2 heterocycles. The number of amides is 1. The fraction of sp³-hybridized carbons (Fsp3) is 0.500. The van der Waals surface area contributed by atoms with Gasteiger partial charge in [0, 0.05) is 24.3 Å². The van der Waals surface area contributed by atoms with E-state index < -0.39 is 5.97 Å². The molecule has 1 amide bonds. The number of aromatic nitrogens is 2. The molecule has 0 bridgehead atoms. The minimum Gasteiger partial charge on any atom is -0.481 e. The average Bonchev–Trinajstić information content (AvgIpc) is 3.07. The first-order valence-corrected chi connectivity index (χ1v) is 10.2. The molecule has 0 radical (unpaired) electrons. The first-order chi connectivity index (χ1) is 13.5. The summed E-state index contributed by atoms with van der Waals surface area (Å²) in [7, 11) is 0. The first kappa shape index (κ1) is 18.7. The monoisotopic (exact) mass is 381 g/mol. The zero-order chi connectivity index (χ0) is 19.8. The molecule has 2 atom stereocenters. The maximum Gasteiger partial charge on any atom is 0.306 e. The van der Waals surface area contributed by atoms with E-state index in [0.717, 1.165) is 42.6 Å². The van der Waals surface area contributed by atoms with E-state index in [4.69, 9.17) is 5.10 Å². The summed E-state index contributed by atoms with van der Waals surface area (Å²) in [5, 5.41) is 14.1. The second kappa shape index (κ2) is 7.41. The molecular weight excluding hydrogens is 354 g/mol. The van der Waals surface area contributed by atoms with E-state index >= 15 is 0 Å². The smallest absolute Gasteiger partial charge is 0.306 e. The van der Waals surface area contributed by atoms with Gasteiger partial charge in [-0.05, 0) is 57.1 Å². The van der Waals surface area contributed by atoms with Gasteiger partial charge in [0.25, 0.3) is 5.91 Å².